The first-order valence-corrected chi connectivity index (χ1v) is 7.28. The zero-order valence-electron chi connectivity index (χ0n) is 10.8. The van der Waals surface area contributed by atoms with Crippen molar-refractivity contribution in [2.75, 3.05) is 36.0 Å². The van der Waals surface area contributed by atoms with Gasteiger partial charge in [-0.15, -0.1) is 11.3 Å². The minimum atomic E-state index is -0.138. The molecule has 0 saturated carbocycles. The van der Waals surface area contributed by atoms with Crippen LogP contribution in [0.25, 0.3) is 0 Å². The summed E-state index contributed by atoms with van der Waals surface area (Å²) < 4.78 is 13.7. The maximum Gasteiger partial charge on any atom is 0.185 e. The third kappa shape index (κ3) is 2.56. The Balaban J connectivity index is 1.68. The van der Waals surface area contributed by atoms with Gasteiger partial charge in [0.05, 0.1) is 11.4 Å². The van der Waals surface area contributed by atoms with Gasteiger partial charge in [0.1, 0.15) is 5.82 Å². The van der Waals surface area contributed by atoms with E-state index < -0.39 is 0 Å². The van der Waals surface area contributed by atoms with Gasteiger partial charge in [0.15, 0.2) is 5.13 Å². The van der Waals surface area contributed by atoms with Crippen molar-refractivity contribution < 1.29 is 4.39 Å². The summed E-state index contributed by atoms with van der Waals surface area (Å²) in [5.41, 5.74) is 1.77. The highest BCUT2D eigenvalue weighted by Crippen LogP contribution is 2.24. The van der Waals surface area contributed by atoms with Gasteiger partial charge in [-0.1, -0.05) is 12.1 Å². The molecule has 0 amide bonds. The van der Waals surface area contributed by atoms with Gasteiger partial charge in [-0.05, 0) is 19.1 Å². The maximum atomic E-state index is 13.7. The molecule has 0 aliphatic carbocycles. The maximum absolute atomic E-state index is 13.7. The summed E-state index contributed by atoms with van der Waals surface area (Å²) in [5, 5.41) is 3.14. The summed E-state index contributed by atoms with van der Waals surface area (Å²) in [6, 6.07) is 6.98. The summed E-state index contributed by atoms with van der Waals surface area (Å²) in [6.07, 6.45) is 0. The molecule has 2 aromatic rings. The fraction of sp³-hybridized carbons (Fsp3) is 0.357. The second-order valence-corrected chi connectivity index (χ2v) is 5.53. The molecular formula is C14H16FN3S. The quantitative estimate of drug-likeness (QED) is 0.841. The summed E-state index contributed by atoms with van der Waals surface area (Å²) in [6.45, 7) is 5.46. The first-order valence-electron chi connectivity index (χ1n) is 6.40. The minimum Gasteiger partial charge on any atom is -0.366 e. The zero-order valence-corrected chi connectivity index (χ0v) is 11.7. The SMILES string of the molecule is Cc1csc(N2CCN(c3ccccc3F)CC2)n1. The number of thiazole rings is 1. The first-order chi connectivity index (χ1) is 9.24. The van der Waals surface area contributed by atoms with Crippen molar-refractivity contribution in [3.05, 3.63) is 41.2 Å². The number of para-hydroxylation sites is 1. The van der Waals surface area contributed by atoms with Crippen LogP contribution in [-0.2, 0) is 0 Å². The molecule has 0 N–H and O–H groups in total. The second-order valence-electron chi connectivity index (χ2n) is 4.70. The molecule has 1 fully saturated rings. The van der Waals surface area contributed by atoms with E-state index in [1.54, 1.807) is 17.4 Å². The van der Waals surface area contributed by atoms with Crippen LogP contribution in [0.15, 0.2) is 29.6 Å². The topological polar surface area (TPSA) is 19.4 Å². The van der Waals surface area contributed by atoms with Crippen LogP contribution in [0, 0.1) is 12.7 Å². The molecule has 0 atom stereocenters. The number of piperazine rings is 1. The number of nitrogens with zero attached hydrogens (tertiary/aromatic N) is 3. The Morgan fingerprint density at radius 3 is 2.42 bits per heavy atom. The van der Waals surface area contributed by atoms with Gasteiger partial charge >= 0.3 is 0 Å². The molecule has 0 unspecified atom stereocenters. The van der Waals surface area contributed by atoms with Crippen molar-refractivity contribution in [2.24, 2.45) is 0 Å². The predicted octanol–water partition coefficient (Wildman–Crippen LogP) is 2.92. The number of hydrogen-bond acceptors (Lipinski definition) is 4. The van der Waals surface area contributed by atoms with E-state index in [1.165, 1.54) is 6.07 Å². The van der Waals surface area contributed by atoms with Gasteiger partial charge in [-0.3, -0.25) is 0 Å². The fourth-order valence-electron chi connectivity index (χ4n) is 2.33. The minimum absolute atomic E-state index is 0.138. The third-order valence-corrected chi connectivity index (χ3v) is 4.37. The highest BCUT2D eigenvalue weighted by Gasteiger charge is 2.20. The van der Waals surface area contributed by atoms with Crippen LogP contribution in [0.4, 0.5) is 15.2 Å². The fourth-order valence-corrected chi connectivity index (χ4v) is 3.19. The number of aromatic nitrogens is 1. The van der Waals surface area contributed by atoms with Gasteiger partial charge in [-0.25, -0.2) is 9.37 Å². The lowest BCUT2D eigenvalue weighted by Crippen LogP contribution is -2.46. The van der Waals surface area contributed by atoms with E-state index in [0.29, 0.717) is 5.69 Å². The molecule has 19 heavy (non-hydrogen) atoms. The van der Waals surface area contributed by atoms with E-state index in [0.717, 1.165) is 37.0 Å². The molecule has 0 radical (unpaired) electrons. The number of halogens is 1. The lowest BCUT2D eigenvalue weighted by molar-refractivity contribution is 0.597. The largest absolute Gasteiger partial charge is 0.366 e. The summed E-state index contributed by atoms with van der Waals surface area (Å²) in [5.74, 6) is -0.138. The van der Waals surface area contributed by atoms with Crippen LogP contribution in [0.3, 0.4) is 0 Å². The monoisotopic (exact) mass is 277 g/mol. The molecule has 100 valence electrons. The van der Waals surface area contributed by atoms with Gasteiger partial charge in [0.2, 0.25) is 0 Å². The van der Waals surface area contributed by atoms with Gasteiger partial charge in [0, 0.05) is 31.6 Å². The van der Waals surface area contributed by atoms with Crippen LogP contribution in [0.5, 0.6) is 0 Å². The molecule has 0 spiro atoms. The Morgan fingerprint density at radius 2 is 1.79 bits per heavy atom. The van der Waals surface area contributed by atoms with Gasteiger partial charge < -0.3 is 9.80 Å². The molecule has 1 aliphatic heterocycles. The molecule has 1 aliphatic rings. The summed E-state index contributed by atoms with van der Waals surface area (Å²) in [7, 11) is 0. The lowest BCUT2D eigenvalue weighted by atomic mass is 10.2. The molecule has 3 rings (SSSR count). The van der Waals surface area contributed by atoms with Crippen LogP contribution in [-0.4, -0.2) is 31.2 Å². The highest BCUT2D eigenvalue weighted by atomic mass is 32.1. The van der Waals surface area contributed by atoms with E-state index in [2.05, 4.69) is 20.2 Å². The average molecular weight is 277 g/mol. The van der Waals surface area contributed by atoms with Gasteiger partial charge in [-0.2, -0.15) is 0 Å². The van der Waals surface area contributed by atoms with Crippen molar-refractivity contribution in [3.63, 3.8) is 0 Å². The Morgan fingerprint density at radius 1 is 1.11 bits per heavy atom. The smallest absolute Gasteiger partial charge is 0.185 e. The highest BCUT2D eigenvalue weighted by molar-refractivity contribution is 7.13. The Bertz CT molecular complexity index is 561. The number of rotatable bonds is 2. The lowest BCUT2D eigenvalue weighted by Gasteiger charge is -2.36. The van der Waals surface area contributed by atoms with Crippen molar-refractivity contribution in [1.82, 2.24) is 4.98 Å². The Labute approximate surface area is 116 Å². The molecular weight excluding hydrogens is 261 g/mol. The van der Waals surface area contributed by atoms with Crippen molar-refractivity contribution in [3.8, 4) is 0 Å². The molecule has 1 aromatic carbocycles. The van der Waals surface area contributed by atoms with Crippen molar-refractivity contribution >= 4 is 22.2 Å². The van der Waals surface area contributed by atoms with E-state index in [1.807, 2.05) is 19.1 Å². The standard InChI is InChI=1S/C14H16FN3S/c1-11-10-19-14(16-11)18-8-6-17(7-9-18)13-5-3-2-4-12(13)15/h2-5,10H,6-9H2,1H3. The molecule has 0 bridgehead atoms. The molecule has 1 saturated heterocycles. The van der Waals surface area contributed by atoms with Gasteiger partial charge in [0.25, 0.3) is 0 Å². The van der Waals surface area contributed by atoms with Crippen LogP contribution in [0.2, 0.25) is 0 Å². The number of benzene rings is 1. The average Bonchev–Trinajstić information content (AvgIpc) is 2.86. The number of aryl methyl sites for hydroxylation is 1. The van der Waals surface area contributed by atoms with Crippen LogP contribution < -0.4 is 9.80 Å². The molecule has 1 aromatic heterocycles. The second kappa shape index (κ2) is 5.17. The third-order valence-electron chi connectivity index (χ3n) is 3.35. The van der Waals surface area contributed by atoms with E-state index in [-0.39, 0.29) is 5.82 Å². The molecule has 2 heterocycles. The molecule has 5 heteroatoms. The van der Waals surface area contributed by atoms with E-state index >= 15 is 0 Å². The zero-order chi connectivity index (χ0) is 13.2. The van der Waals surface area contributed by atoms with Crippen LogP contribution in [0.1, 0.15) is 5.69 Å². The summed E-state index contributed by atoms with van der Waals surface area (Å²) >= 11 is 1.68. The Hall–Kier alpha value is -1.62. The predicted molar refractivity (Wildman–Crippen MR) is 77.7 cm³/mol. The summed E-state index contributed by atoms with van der Waals surface area (Å²) in [4.78, 5) is 8.88. The van der Waals surface area contributed by atoms with Crippen molar-refractivity contribution in [1.29, 1.82) is 0 Å². The first kappa shape index (κ1) is 12.4. The van der Waals surface area contributed by atoms with E-state index in [9.17, 15) is 4.39 Å². The Kier molecular flexibility index (Phi) is 3.38. The normalized spacial score (nSPS) is 15.9. The number of hydrogen-bond donors (Lipinski definition) is 0. The molecule has 3 nitrogen and oxygen atoms in total. The van der Waals surface area contributed by atoms with E-state index in [4.69, 9.17) is 0 Å². The van der Waals surface area contributed by atoms with Crippen LogP contribution >= 0.6 is 11.3 Å². The number of anilines is 2. The van der Waals surface area contributed by atoms with Crippen molar-refractivity contribution in [2.45, 2.75) is 6.92 Å².